The summed E-state index contributed by atoms with van der Waals surface area (Å²) in [7, 11) is 0. The van der Waals surface area contributed by atoms with Gasteiger partial charge in [0.2, 0.25) is 0 Å². The Labute approximate surface area is 115 Å². The number of nitrogens with zero attached hydrogens (tertiary/aromatic N) is 1. The normalized spacial score (nSPS) is 16.7. The van der Waals surface area contributed by atoms with Gasteiger partial charge in [0, 0.05) is 0 Å². The molecule has 0 fully saturated rings. The van der Waals surface area contributed by atoms with Gasteiger partial charge in [0.1, 0.15) is 0 Å². The van der Waals surface area contributed by atoms with E-state index in [1.165, 1.54) is 4.90 Å². The van der Waals surface area contributed by atoms with Crippen molar-refractivity contribution in [1.29, 1.82) is 0 Å². The number of imide groups is 1. The predicted octanol–water partition coefficient (Wildman–Crippen LogP) is 2.10. The molecule has 2 aliphatic heterocycles. The molecular formula is C15H11N3O2. The summed E-state index contributed by atoms with van der Waals surface area (Å²) in [6.45, 7) is 0. The maximum absolute atomic E-state index is 12.4. The number of carbonyl (C=O) groups is 2. The Balaban J connectivity index is 1.70. The van der Waals surface area contributed by atoms with Crippen molar-refractivity contribution < 1.29 is 9.59 Å². The van der Waals surface area contributed by atoms with E-state index >= 15 is 0 Å². The molecule has 2 aliphatic rings. The van der Waals surface area contributed by atoms with Gasteiger partial charge in [0.05, 0.1) is 22.5 Å². The first-order chi connectivity index (χ1) is 9.75. The fourth-order valence-corrected chi connectivity index (χ4v) is 2.64. The Hall–Kier alpha value is -2.82. The van der Waals surface area contributed by atoms with E-state index in [1.54, 1.807) is 24.3 Å². The van der Waals surface area contributed by atoms with E-state index in [2.05, 4.69) is 10.6 Å². The molecule has 0 spiro atoms. The molecule has 0 atom stereocenters. The van der Waals surface area contributed by atoms with E-state index in [0.717, 1.165) is 11.4 Å². The van der Waals surface area contributed by atoms with Crippen LogP contribution in [-0.2, 0) is 0 Å². The third-order valence-electron chi connectivity index (χ3n) is 3.60. The Morgan fingerprint density at radius 1 is 0.750 bits per heavy atom. The van der Waals surface area contributed by atoms with Gasteiger partial charge in [0.15, 0.2) is 6.29 Å². The predicted molar refractivity (Wildman–Crippen MR) is 74.4 cm³/mol. The summed E-state index contributed by atoms with van der Waals surface area (Å²) >= 11 is 0. The van der Waals surface area contributed by atoms with Crippen molar-refractivity contribution in [2.45, 2.75) is 6.29 Å². The average Bonchev–Trinajstić information content (AvgIpc) is 3.00. The van der Waals surface area contributed by atoms with Gasteiger partial charge < -0.3 is 10.6 Å². The summed E-state index contributed by atoms with van der Waals surface area (Å²) < 4.78 is 0. The number of hydrogen-bond acceptors (Lipinski definition) is 4. The summed E-state index contributed by atoms with van der Waals surface area (Å²) in [6, 6.07) is 14.5. The van der Waals surface area contributed by atoms with Crippen molar-refractivity contribution in [3.63, 3.8) is 0 Å². The standard InChI is InChI=1S/C15H11N3O2/c19-13-9-5-1-2-6-10(9)14(20)18(13)15-16-11-7-3-4-8-12(11)17-15/h1-8,15-17H. The van der Waals surface area contributed by atoms with Gasteiger partial charge >= 0.3 is 0 Å². The zero-order valence-corrected chi connectivity index (χ0v) is 10.5. The van der Waals surface area contributed by atoms with E-state index in [0.29, 0.717) is 11.1 Å². The van der Waals surface area contributed by atoms with E-state index in [1.807, 2.05) is 24.3 Å². The molecule has 5 nitrogen and oxygen atoms in total. The number of carbonyl (C=O) groups excluding carboxylic acids is 2. The van der Waals surface area contributed by atoms with Crippen LogP contribution in [-0.4, -0.2) is 23.0 Å². The molecule has 2 amide bonds. The van der Waals surface area contributed by atoms with Crippen LogP contribution in [0.4, 0.5) is 11.4 Å². The maximum Gasteiger partial charge on any atom is 0.264 e. The second-order valence-electron chi connectivity index (χ2n) is 4.76. The summed E-state index contributed by atoms with van der Waals surface area (Å²) in [5.74, 6) is -0.549. The molecular weight excluding hydrogens is 254 g/mol. The van der Waals surface area contributed by atoms with Gasteiger partial charge in [-0.3, -0.25) is 9.59 Å². The lowest BCUT2D eigenvalue weighted by Crippen LogP contribution is -2.46. The molecule has 0 aliphatic carbocycles. The number of benzene rings is 2. The average molecular weight is 265 g/mol. The van der Waals surface area contributed by atoms with Crippen LogP contribution in [0, 0.1) is 0 Å². The first-order valence-corrected chi connectivity index (χ1v) is 6.35. The highest BCUT2D eigenvalue weighted by Crippen LogP contribution is 2.32. The second kappa shape index (κ2) is 3.84. The van der Waals surface area contributed by atoms with Crippen LogP contribution in [0.1, 0.15) is 20.7 Å². The van der Waals surface area contributed by atoms with E-state index in [-0.39, 0.29) is 11.8 Å². The number of para-hydroxylation sites is 2. The summed E-state index contributed by atoms with van der Waals surface area (Å²) in [4.78, 5) is 26.0. The lowest BCUT2D eigenvalue weighted by molar-refractivity contribution is 0.0622. The lowest BCUT2D eigenvalue weighted by atomic mass is 10.1. The molecule has 0 bridgehead atoms. The number of hydrogen-bond donors (Lipinski definition) is 2. The molecule has 0 saturated carbocycles. The first kappa shape index (κ1) is 11.0. The van der Waals surface area contributed by atoms with Gasteiger partial charge in [-0.25, -0.2) is 4.90 Å². The van der Waals surface area contributed by atoms with Gasteiger partial charge in [-0.1, -0.05) is 24.3 Å². The number of nitrogens with one attached hydrogen (secondary N) is 2. The van der Waals surface area contributed by atoms with Gasteiger partial charge in [-0.05, 0) is 24.3 Å². The van der Waals surface area contributed by atoms with Crippen molar-refractivity contribution in [3.8, 4) is 0 Å². The molecule has 0 aromatic heterocycles. The summed E-state index contributed by atoms with van der Waals surface area (Å²) in [6.07, 6.45) is -0.542. The fraction of sp³-hybridized carbons (Fsp3) is 0.0667. The van der Waals surface area contributed by atoms with Crippen LogP contribution in [0.3, 0.4) is 0 Å². The van der Waals surface area contributed by atoms with Crippen LogP contribution in [0.2, 0.25) is 0 Å². The van der Waals surface area contributed by atoms with Crippen molar-refractivity contribution in [3.05, 3.63) is 59.7 Å². The number of anilines is 2. The van der Waals surface area contributed by atoms with E-state index in [4.69, 9.17) is 0 Å². The summed E-state index contributed by atoms with van der Waals surface area (Å²) in [5.41, 5.74) is 2.68. The van der Waals surface area contributed by atoms with Crippen LogP contribution in [0.15, 0.2) is 48.5 Å². The maximum atomic E-state index is 12.4. The van der Waals surface area contributed by atoms with Crippen LogP contribution < -0.4 is 10.6 Å². The SMILES string of the molecule is O=C1c2ccccc2C(=O)N1C1Nc2ccccc2N1. The highest BCUT2D eigenvalue weighted by molar-refractivity contribution is 6.21. The molecule has 2 N–H and O–H groups in total. The number of rotatable bonds is 1. The smallest absolute Gasteiger partial charge is 0.264 e. The van der Waals surface area contributed by atoms with Crippen LogP contribution in [0.25, 0.3) is 0 Å². The third-order valence-corrected chi connectivity index (χ3v) is 3.60. The quantitative estimate of drug-likeness (QED) is 0.775. The minimum Gasteiger partial charge on any atom is -0.346 e. The second-order valence-corrected chi connectivity index (χ2v) is 4.76. The van der Waals surface area contributed by atoms with Gasteiger partial charge in [-0.15, -0.1) is 0 Å². The number of fused-ring (bicyclic) bond motifs is 2. The van der Waals surface area contributed by atoms with E-state index < -0.39 is 6.29 Å². The minimum atomic E-state index is -0.542. The minimum absolute atomic E-state index is 0.275. The highest BCUT2D eigenvalue weighted by Gasteiger charge is 2.41. The molecule has 4 rings (SSSR count). The Bertz CT molecular complexity index is 681. The molecule has 2 aromatic carbocycles. The monoisotopic (exact) mass is 265 g/mol. The lowest BCUT2D eigenvalue weighted by Gasteiger charge is -2.22. The van der Waals surface area contributed by atoms with Gasteiger partial charge in [-0.2, -0.15) is 0 Å². The Morgan fingerprint density at radius 3 is 1.70 bits per heavy atom. The van der Waals surface area contributed by atoms with Gasteiger partial charge in [0.25, 0.3) is 11.8 Å². The Kier molecular flexibility index (Phi) is 2.12. The van der Waals surface area contributed by atoms with Crippen LogP contribution in [0.5, 0.6) is 0 Å². The zero-order valence-electron chi connectivity index (χ0n) is 10.5. The molecule has 2 heterocycles. The molecule has 0 radical (unpaired) electrons. The first-order valence-electron chi connectivity index (χ1n) is 6.35. The number of amides is 2. The van der Waals surface area contributed by atoms with Crippen LogP contribution >= 0.6 is 0 Å². The van der Waals surface area contributed by atoms with Crippen molar-refractivity contribution in [1.82, 2.24) is 4.90 Å². The molecule has 0 unspecified atom stereocenters. The van der Waals surface area contributed by atoms with E-state index in [9.17, 15) is 9.59 Å². The Morgan fingerprint density at radius 2 is 1.20 bits per heavy atom. The van der Waals surface area contributed by atoms with Crippen molar-refractivity contribution in [2.24, 2.45) is 0 Å². The molecule has 20 heavy (non-hydrogen) atoms. The fourth-order valence-electron chi connectivity index (χ4n) is 2.64. The highest BCUT2D eigenvalue weighted by atomic mass is 16.2. The molecule has 98 valence electrons. The molecule has 0 saturated heterocycles. The van der Waals surface area contributed by atoms with Crippen molar-refractivity contribution >= 4 is 23.2 Å². The largest absolute Gasteiger partial charge is 0.346 e. The third kappa shape index (κ3) is 1.37. The topological polar surface area (TPSA) is 61.4 Å². The molecule has 5 heteroatoms. The molecule has 2 aromatic rings. The summed E-state index contributed by atoms with van der Waals surface area (Å²) in [5, 5.41) is 6.29. The van der Waals surface area contributed by atoms with Crippen molar-refractivity contribution in [2.75, 3.05) is 10.6 Å². The zero-order chi connectivity index (χ0) is 13.7.